The van der Waals surface area contributed by atoms with E-state index in [4.69, 9.17) is 0 Å². The van der Waals surface area contributed by atoms with Crippen molar-refractivity contribution in [3.63, 3.8) is 0 Å². The number of hydrogen-bond donors (Lipinski definition) is 1. The molecule has 1 aliphatic rings. The highest BCUT2D eigenvalue weighted by molar-refractivity contribution is 7.12. The Labute approximate surface area is 155 Å². The molecule has 3 aromatic rings. The van der Waals surface area contributed by atoms with Crippen LogP contribution in [0.4, 0.5) is 11.5 Å². The monoisotopic (exact) mass is 363 g/mol. The number of pyridine rings is 1. The fourth-order valence-electron chi connectivity index (χ4n) is 3.15. The molecule has 3 heterocycles. The van der Waals surface area contributed by atoms with Crippen LogP contribution < -0.4 is 10.2 Å². The van der Waals surface area contributed by atoms with Crippen molar-refractivity contribution in [2.24, 2.45) is 0 Å². The van der Waals surface area contributed by atoms with Gasteiger partial charge in [-0.05, 0) is 23.1 Å². The highest BCUT2D eigenvalue weighted by Gasteiger charge is 2.31. The van der Waals surface area contributed by atoms with Gasteiger partial charge in [0.15, 0.2) is 0 Å². The molecule has 1 aromatic carbocycles. The average molecular weight is 363 g/mol. The Kier molecular flexibility index (Phi) is 4.50. The Morgan fingerprint density at radius 3 is 2.77 bits per heavy atom. The Morgan fingerprint density at radius 1 is 1.15 bits per heavy atom. The quantitative estimate of drug-likeness (QED) is 0.764. The third-order valence-electron chi connectivity index (χ3n) is 4.44. The largest absolute Gasteiger partial charge is 0.312 e. The zero-order valence-electron chi connectivity index (χ0n) is 14.0. The van der Waals surface area contributed by atoms with Gasteiger partial charge in [-0.15, -0.1) is 11.3 Å². The minimum atomic E-state index is -0.195. The van der Waals surface area contributed by atoms with E-state index in [1.165, 1.54) is 16.9 Å². The highest BCUT2D eigenvalue weighted by atomic mass is 32.1. The van der Waals surface area contributed by atoms with Gasteiger partial charge in [0.25, 0.3) is 5.91 Å². The molecule has 0 radical (unpaired) electrons. The molecule has 1 fully saturated rings. The first-order valence-corrected chi connectivity index (χ1v) is 9.25. The van der Waals surface area contributed by atoms with Crippen molar-refractivity contribution in [2.45, 2.75) is 12.3 Å². The van der Waals surface area contributed by atoms with Crippen LogP contribution in [0.2, 0.25) is 0 Å². The second-order valence-electron chi connectivity index (χ2n) is 6.15. The van der Waals surface area contributed by atoms with E-state index in [1.807, 2.05) is 29.6 Å². The number of carbonyl (C=O) groups excluding carboxylic acids is 2. The Morgan fingerprint density at radius 2 is 2.00 bits per heavy atom. The lowest BCUT2D eigenvalue weighted by Crippen LogP contribution is -2.24. The summed E-state index contributed by atoms with van der Waals surface area (Å²) in [5.74, 6) is 0.512. The molecule has 6 heteroatoms. The number of anilines is 2. The standard InChI is InChI=1S/C20H17N3O2S/c24-19-11-15(14-5-2-1-3-6-14)13-23(19)16-8-9-21-18(12-16)22-20(25)17-7-4-10-26-17/h1-10,12,15H,11,13H2,(H,21,22,25)/t15-/m0/s1. The first kappa shape index (κ1) is 16.5. The summed E-state index contributed by atoms with van der Waals surface area (Å²) in [6.07, 6.45) is 2.10. The second kappa shape index (κ2) is 7.09. The summed E-state index contributed by atoms with van der Waals surface area (Å²) < 4.78 is 0. The van der Waals surface area contributed by atoms with Gasteiger partial charge in [-0.25, -0.2) is 4.98 Å². The van der Waals surface area contributed by atoms with Crippen LogP contribution in [0, 0.1) is 0 Å². The SMILES string of the molecule is O=C(Nc1cc(N2C[C@@H](c3ccccc3)CC2=O)ccn1)c1cccs1. The van der Waals surface area contributed by atoms with Crippen LogP contribution in [0.3, 0.4) is 0 Å². The number of benzene rings is 1. The van der Waals surface area contributed by atoms with E-state index in [0.717, 1.165) is 5.69 Å². The number of nitrogens with zero attached hydrogens (tertiary/aromatic N) is 2. The molecule has 1 aliphatic heterocycles. The molecule has 1 N–H and O–H groups in total. The molecule has 0 aliphatic carbocycles. The minimum absolute atomic E-state index is 0.0839. The fourth-order valence-corrected chi connectivity index (χ4v) is 3.77. The fraction of sp³-hybridized carbons (Fsp3) is 0.150. The normalized spacial score (nSPS) is 16.7. The molecular weight excluding hydrogens is 346 g/mol. The maximum absolute atomic E-state index is 12.5. The molecule has 4 rings (SSSR count). The summed E-state index contributed by atoms with van der Waals surface area (Å²) in [4.78, 5) is 31.3. The van der Waals surface area contributed by atoms with E-state index in [9.17, 15) is 9.59 Å². The van der Waals surface area contributed by atoms with Gasteiger partial charge in [0, 0.05) is 36.8 Å². The van der Waals surface area contributed by atoms with Crippen molar-refractivity contribution in [1.29, 1.82) is 0 Å². The number of hydrogen-bond acceptors (Lipinski definition) is 4. The third kappa shape index (κ3) is 3.36. The molecule has 26 heavy (non-hydrogen) atoms. The zero-order valence-corrected chi connectivity index (χ0v) is 14.8. The molecule has 1 atom stereocenters. The first-order valence-electron chi connectivity index (χ1n) is 8.37. The van der Waals surface area contributed by atoms with E-state index in [-0.39, 0.29) is 17.7 Å². The van der Waals surface area contributed by atoms with Crippen molar-refractivity contribution < 1.29 is 9.59 Å². The zero-order chi connectivity index (χ0) is 17.9. The number of nitrogens with one attached hydrogen (secondary N) is 1. The molecule has 0 saturated carbocycles. The van der Waals surface area contributed by atoms with E-state index >= 15 is 0 Å². The van der Waals surface area contributed by atoms with Gasteiger partial charge in [-0.2, -0.15) is 0 Å². The third-order valence-corrected chi connectivity index (χ3v) is 5.31. The van der Waals surface area contributed by atoms with E-state index in [1.54, 1.807) is 29.3 Å². The molecule has 5 nitrogen and oxygen atoms in total. The molecule has 2 amide bonds. The smallest absolute Gasteiger partial charge is 0.266 e. The van der Waals surface area contributed by atoms with Crippen LogP contribution in [-0.2, 0) is 4.79 Å². The average Bonchev–Trinajstić information content (AvgIpc) is 3.33. The highest BCUT2D eigenvalue weighted by Crippen LogP contribution is 2.32. The first-order chi connectivity index (χ1) is 12.7. The summed E-state index contributed by atoms with van der Waals surface area (Å²) in [6, 6.07) is 17.2. The van der Waals surface area contributed by atoms with Gasteiger partial charge in [0.2, 0.25) is 5.91 Å². The lowest BCUT2D eigenvalue weighted by molar-refractivity contribution is -0.117. The molecule has 1 saturated heterocycles. The topological polar surface area (TPSA) is 62.3 Å². The summed E-state index contributed by atoms with van der Waals surface area (Å²) in [5, 5.41) is 4.64. The molecule has 0 spiro atoms. The van der Waals surface area contributed by atoms with E-state index in [2.05, 4.69) is 22.4 Å². The lowest BCUT2D eigenvalue weighted by Gasteiger charge is -2.17. The van der Waals surface area contributed by atoms with Crippen molar-refractivity contribution in [1.82, 2.24) is 4.98 Å². The Hall–Kier alpha value is -2.99. The molecule has 2 aromatic heterocycles. The number of carbonyl (C=O) groups is 2. The van der Waals surface area contributed by atoms with Crippen LogP contribution in [0.1, 0.15) is 27.6 Å². The predicted octanol–water partition coefficient (Wildman–Crippen LogP) is 3.92. The van der Waals surface area contributed by atoms with E-state index < -0.39 is 0 Å². The minimum Gasteiger partial charge on any atom is -0.312 e. The van der Waals surface area contributed by atoms with Crippen molar-refractivity contribution in [2.75, 3.05) is 16.8 Å². The van der Waals surface area contributed by atoms with Crippen molar-refractivity contribution in [3.8, 4) is 0 Å². The summed E-state index contributed by atoms with van der Waals surface area (Å²) in [7, 11) is 0. The van der Waals surface area contributed by atoms with Crippen molar-refractivity contribution >= 4 is 34.7 Å². The van der Waals surface area contributed by atoms with E-state index in [0.29, 0.717) is 23.7 Å². The molecular formula is C20H17N3O2S. The van der Waals surface area contributed by atoms with Crippen LogP contribution in [0.5, 0.6) is 0 Å². The lowest BCUT2D eigenvalue weighted by atomic mass is 9.99. The van der Waals surface area contributed by atoms with Gasteiger partial charge in [-0.3, -0.25) is 9.59 Å². The molecule has 0 unspecified atom stereocenters. The van der Waals surface area contributed by atoms with Gasteiger partial charge in [-0.1, -0.05) is 36.4 Å². The number of amides is 2. The van der Waals surface area contributed by atoms with Gasteiger partial charge in [0.1, 0.15) is 5.82 Å². The molecule has 0 bridgehead atoms. The van der Waals surface area contributed by atoms with Crippen molar-refractivity contribution in [3.05, 3.63) is 76.6 Å². The molecule has 130 valence electrons. The Bertz CT molecular complexity index is 925. The number of aromatic nitrogens is 1. The van der Waals surface area contributed by atoms with Crippen LogP contribution in [0.25, 0.3) is 0 Å². The summed E-state index contributed by atoms with van der Waals surface area (Å²) in [6.45, 7) is 0.630. The summed E-state index contributed by atoms with van der Waals surface area (Å²) >= 11 is 1.37. The van der Waals surface area contributed by atoms with Gasteiger partial charge in [0.05, 0.1) is 4.88 Å². The van der Waals surface area contributed by atoms with Crippen LogP contribution in [-0.4, -0.2) is 23.3 Å². The number of rotatable bonds is 4. The van der Waals surface area contributed by atoms with Gasteiger partial charge >= 0.3 is 0 Å². The maximum atomic E-state index is 12.5. The van der Waals surface area contributed by atoms with Crippen LogP contribution >= 0.6 is 11.3 Å². The predicted molar refractivity (Wildman–Crippen MR) is 103 cm³/mol. The van der Waals surface area contributed by atoms with Gasteiger partial charge < -0.3 is 10.2 Å². The van der Waals surface area contributed by atoms with Crippen LogP contribution in [0.15, 0.2) is 66.2 Å². The summed E-state index contributed by atoms with van der Waals surface area (Å²) in [5.41, 5.74) is 1.92. The maximum Gasteiger partial charge on any atom is 0.266 e. The number of thiophene rings is 1. The Balaban J connectivity index is 1.51. The second-order valence-corrected chi connectivity index (χ2v) is 7.09.